The minimum atomic E-state index is -0.565. The normalized spacial score (nSPS) is 10.1. The molecule has 2 rings (SSSR count). The number of amides is 1. The van der Waals surface area contributed by atoms with E-state index in [-0.39, 0.29) is 23.2 Å². The van der Waals surface area contributed by atoms with Crippen molar-refractivity contribution < 1.29 is 13.9 Å². The van der Waals surface area contributed by atoms with Gasteiger partial charge in [0.25, 0.3) is 0 Å². The molecule has 116 valence electrons. The van der Waals surface area contributed by atoms with Gasteiger partial charge in [0.15, 0.2) is 5.82 Å². The first-order valence-electron chi connectivity index (χ1n) is 6.67. The molecule has 2 aromatic rings. The fraction of sp³-hybridized carbons (Fsp3) is 0.188. The largest absolute Gasteiger partial charge is 0.497 e. The molecule has 0 aliphatic rings. The Hall–Kier alpha value is -2.27. The number of anilines is 1. The summed E-state index contributed by atoms with van der Waals surface area (Å²) in [6.07, 6.45) is 0. The molecule has 0 saturated heterocycles. The molecule has 0 spiro atoms. The zero-order chi connectivity index (χ0) is 15.9. The van der Waals surface area contributed by atoms with Crippen LogP contribution in [-0.4, -0.2) is 19.6 Å². The lowest BCUT2D eigenvalue weighted by atomic mass is 10.2. The average molecular weight is 323 g/mol. The first-order chi connectivity index (χ1) is 10.6. The van der Waals surface area contributed by atoms with Crippen LogP contribution < -0.4 is 15.4 Å². The molecular weight excluding hydrogens is 307 g/mol. The minimum absolute atomic E-state index is 0.0155. The van der Waals surface area contributed by atoms with Crippen LogP contribution in [0.2, 0.25) is 5.02 Å². The zero-order valence-electron chi connectivity index (χ0n) is 12.0. The number of carbonyl (C=O) groups excluding carboxylic acids is 1. The topological polar surface area (TPSA) is 50.4 Å². The molecule has 0 aliphatic heterocycles. The van der Waals surface area contributed by atoms with Gasteiger partial charge in [-0.3, -0.25) is 4.79 Å². The van der Waals surface area contributed by atoms with E-state index in [1.54, 1.807) is 13.2 Å². The standard InChI is InChI=1S/C16H16ClFN2O2/c1-22-12-5-2-4-11(8-12)9-20-15(21)10-19-14-7-3-6-13(17)16(14)18/h2-8,19H,9-10H2,1H3,(H,20,21). The summed E-state index contributed by atoms with van der Waals surface area (Å²) in [5.74, 6) is -0.0853. The van der Waals surface area contributed by atoms with E-state index < -0.39 is 5.82 Å². The SMILES string of the molecule is COc1cccc(CNC(=O)CNc2cccc(Cl)c2F)c1. The Labute approximate surface area is 133 Å². The quantitative estimate of drug-likeness (QED) is 0.858. The molecule has 0 radical (unpaired) electrons. The van der Waals surface area contributed by atoms with Gasteiger partial charge in [-0.1, -0.05) is 29.8 Å². The van der Waals surface area contributed by atoms with Crippen LogP contribution in [0.3, 0.4) is 0 Å². The van der Waals surface area contributed by atoms with Crippen LogP contribution in [0.4, 0.5) is 10.1 Å². The third-order valence-corrected chi connectivity index (χ3v) is 3.31. The molecule has 0 saturated carbocycles. The van der Waals surface area contributed by atoms with E-state index in [0.717, 1.165) is 11.3 Å². The van der Waals surface area contributed by atoms with Crippen LogP contribution in [0, 0.1) is 5.82 Å². The first kappa shape index (κ1) is 16.1. The van der Waals surface area contributed by atoms with E-state index >= 15 is 0 Å². The number of methoxy groups -OCH3 is 1. The van der Waals surface area contributed by atoms with Crippen molar-refractivity contribution in [3.05, 3.63) is 58.9 Å². The zero-order valence-corrected chi connectivity index (χ0v) is 12.8. The van der Waals surface area contributed by atoms with Crippen molar-refractivity contribution in [3.63, 3.8) is 0 Å². The maximum atomic E-state index is 13.6. The fourth-order valence-corrected chi connectivity index (χ4v) is 2.04. The number of nitrogens with one attached hydrogen (secondary N) is 2. The highest BCUT2D eigenvalue weighted by molar-refractivity contribution is 6.31. The van der Waals surface area contributed by atoms with Crippen molar-refractivity contribution >= 4 is 23.2 Å². The molecule has 0 fully saturated rings. The Kier molecular flexibility index (Phi) is 5.61. The monoisotopic (exact) mass is 322 g/mol. The average Bonchev–Trinajstić information content (AvgIpc) is 2.54. The summed E-state index contributed by atoms with van der Waals surface area (Å²) in [4.78, 5) is 11.8. The van der Waals surface area contributed by atoms with Crippen molar-refractivity contribution in [3.8, 4) is 5.75 Å². The molecule has 22 heavy (non-hydrogen) atoms. The summed E-state index contributed by atoms with van der Waals surface area (Å²) in [5.41, 5.74) is 1.12. The highest BCUT2D eigenvalue weighted by Gasteiger charge is 2.07. The lowest BCUT2D eigenvalue weighted by Gasteiger charge is -2.09. The van der Waals surface area contributed by atoms with Gasteiger partial charge in [0, 0.05) is 6.54 Å². The minimum Gasteiger partial charge on any atom is -0.497 e. The number of halogens is 2. The Bertz CT molecular complexity index is 664. The lowest BCUT2D eigenvalue weighted by molar-refractivity contribution is -0.119. The number of benzene rings is 2. The van der Waals surface area contributed by atoms with Gasteiger partial charge in [-0.15, -0.1) is 0 Å². The van der Waals surface area contributed by atoms with E-state index in [9.17, 15) is 9.18 Å². The second-order valence-corrected chi connectivity index (χ2v) is 4.99. The summed E-state index contributed by atoms with van der Waals surface area (Å²) >= 11 is 5.67. The van der Waals surface area contributed by atoms with Gasteiger partial charge in [0.05, 0.1) is 24.4 Å². The van der Waals surface area contributed by atoms with Crippen LogP contribution >= 0.6 is 11.6 Å². The molecule has 6 heteroatoms. The smallest absolute Gasteiger partial charge is 0.239 e. The van der Waals surface area contributed by atoms with E-state index in [1.165, 1.54) is 12.1 Å². The molecule has 2 aromatic carbocycles. The Morgan fingerprint density at radius 3 is 2.82 bits per heavy atom. The first-order valence-corrected chi connectivity index (χ1v) is 7.05. The van der Waals surface area contributed by atoms with E-state index in [0.29, 0.717) is 6.54 Å². The third-order valence-electron chi connectivity index (χ3n) is 3.01. The van der Waals surface area contributed by atoms with Gasteiger partial charge >= 0.3 is 0 Å². The molecule has 0 atom stereocenters. The van der Waals surface area contributed by atoms with Crippen molar-refractivity contribution in [2.45, 2.75) is 6.54 Å². The molecule has 2 N–H and O–H groups in total. The molecular formula is C16H16ClFN2O2. The second kappa shape index (κ2) is 7.66. The maximum Gasteiger partial charge on any atom is 0.239 e. The van der Waals surface area contributed by atoms with E-state index in [4.69, 9.17) is 16.3 Å². The highest BCUT2D eigenvalue weighted by atomic mass is 35.5. The summed E-state index contributed by atoms with van der Waals surface area (Å²) in [6.45, 7) is 0.330. The predicted octanol–water partition coefficient (Wildman–Crippen LogP) is 3.22. The molecule has 0 unspecified atom stereocenters. The molecule has 0 aromatic heterocycles. The summed E-state index contributed by atoms with van der Waals surface area (Å²) in [6, 6.07) is 12.0. The van der Waals surface area contributed by atoms with Crippen LogP contribution in [0.25, 0.3) is 0 Å². The van der Waals surface area contributed by atoms with E-state index in [2.05, 4.69) is 10.6 Å². The van der Waals surface area contributed by atoms with Crippen LogP contribution in [0.1, 0.15) is 5.56 Å². The summed E-state index contributed by atoms with van der Waals surface area (Å²) in [5, 5.41) is 5.47. The van der Waals surface area contributed by atoms with Gasteiger partial charge in [-0.2, -0.15) is 0 Å². The molecule has 1 amide bonds. The lowest BCUT2D eigenvalue weighted by Crippen LogP contribution is -2.29. The maximum absolute atomic E-state index is 13.6. The molecule has 0 heterocycles. The fourth-order valence-electron chi connectivity index (χ4n) is 1.86. The summed E-state index contributed by atoms with van der Waals surface area (Å²) < 4.78 is 18.8. The number of ether oxygens (including phenoxy) is 1. The predicted molar refractivity (Wildman–Crippen MR) is 84.7 cm³/mol. The van der Waals surface area contributed by atoms with E-state index in [1.807, 2.05) is 24.3 Å². The Morgan fingerprint density at radius 2 is 2.05 bits per heavy atom. The summed E-state index contributed by atoms with van der Waals surface area (Å²) in [7, 11) is 1.58. The highest BCUT2D eigenvalue weighted by Crippen LogP contribution is 2.21. The van der Waals surface area contributed by atoms with Crippen molar-refractivity contribution in [2.24, 2.45) is 0 Å². The molecule has 4 nitrogen and oxygen atoms in total. The number of rotatable bonds is 6. The van der Waals surface area contributed by atoms with Gasteiger partial charge in [-0.25, -0.2) is 4.39 Å². The van der Waals surface area contributed by atoms with Gasteiger partial charge in [0.2, 0.25) is 5.91 Å². The van der Waals surface area contributed by atoms with Gasteiger partial charge in [-0.05, 0) is 29.8 Å². The van der Waals surface area contributed by atoms with Crippen molar-refractivity contribution in [2.75, 3.05) is 19.0 Å². The molecule has 0 bridgehead atoms. The third kappa shape index (κ3) is 4.36. The van der Waals surface area contributed by atoms with Gasteiger partial charge in [0.1, 0.15) is 5.75 Å². The second-order valence-electron chi connectivity index (χ2n) is 4.58. The number of hydrogen-bond acceptors (Lipinski definition) is 3. The Morgan fingerprint density at radius 1 is 1.27 bits per heavy atom. The van der Waals surface area contributed by atoms with Crippen LogP contribution in [0.5, 0.6) is 5.75 Å². The molecule has 0 aliphatic carbocycles. The van der Waals surface area contributed by atoms with Gasteiger partial charge < -0.3 is 15.4 Å². The van der Waals surface area contributed by atoms with Crippen LogP contribution in [-0.2, 0) is 11.3 Å². The van der Waals surface area contributed by atoms with Crippen molar-refractivity contribution in [1.29, 1.82) is 0 Å². The number of hydrogen-bond donors (Lipinski definition) is 2. The van der Waals surface area contributed by atoms with Crippen LogP contribution in [0.15, 0.2) is 42.5 Å². The van der Waals surface area contributed by atoms with Crippen molar-refractivity contribution in [1.82, 2.24) is 5.32 Å². The Balaban J connectivity index is 1.84. The number of carbonyl (C=O) groups is 1.